The molecule has 1 N–H and O–H groups in total. The largest absolute Gasteiger partial charge is 0.489 e. The maximum absolute atomic E-state index is 13.4. The van der Waals surface area contributed by atoms with E-state index in [2.05, 4.69) is 65.9 Å². The summed E-state index contributed by atoms with van der Waals surface area (Å²) in [6.45, 7) is 17.0. The van der Waals surface area contributed by atoms with Gasteiger partial charge in [0.25, 0.3) is 5.91 Å². The zero-order valence-corrected chi connectivity index (χ0v) is 32.9. The third-order valence-corrected chi connectivity index (χ3v) is 12.5. The Morgan fingerprint density at radius 1 is 1.06 bits per heavy atom. The van der Waals surface area contributed by atoms with Gasteiger partial charge >= 0.3 is 0 Å². The van der Waals surface area contributed by atoms with Gasteiger partial charge < -0.3 is 29.1 Å². The molecule has 3 saturated heterocycles. The lowest BCUT2D eigenvalue weighted by atomic mass is 9.49. The fraction of sp³-hybridized carbons (Fsp3) is 0.585. The Morgan fingerprint density at radius 3 is 2.50 bits per heavy atom. The van der Waals surface area contributed by atoms with Gasteiger partial charge in [-0.3, -0.25) is 14.5 Å². The number of carbonyl (C=O) groups excluding carboxylic acids is 2. The van der Waals surface area contributed by atoms with Crippen molar-refractivity contribution in [2.24, 2.45) is 10.8 Å². The molecule has 4 fully saturated rings. The number of piperazine rings is 1. The molecule has 0 radical (unpaired) electrons. The Morgan fingerprint density at radius 2 is 1.81 bits per heavy atom. The number of nitrogens with one attached hydrogen (secondary N) is 1. The minimum absolute atomic E-state index is 0.0917. The number of hydrogen-bond acceptors (Lipinski definition) is 10. The molecule has 54 heavy (non-hydrogen) atoms. The Kier molecular flexibility index (Phi) is 10.7. The van der Waals surface area contributed by atoms with Crippen LogP contribution < -0.4 is 15.0 Å². The van der Waals surface area contributed by atoms with E-state index in [-0.39, 0.29) is 53.2 Å². The number of pyridine rings is 1. The zero-order chi connectivity index (χ0) is 38.4. The van der Waals surface area contributed by atoms with E-state index in [1.807, 2.05) is 30.0 Å². The van der Waals surface area contributed by atoms with Gasteiger partial charge in [-0.1, -0.05) is 44.5 Å². The Balaban J connectivity index is 0.837. The van der Waals surface area contributed by atoms with Crippen LogP contribution in [0.15, 0.2) is 47.1 Å². The number of amides is 2. The van der Waals surface area contributed by atoms with E-state index >= 15 is 0 Å². The van der Waals surface area contributed by atoms with Crippen LogP contribution in [-0.2, 0) is 16.0 Å². The number of aromatic nitrogens is 2. The third kappa shape index (κ3) is 7.30. The number of anilines is 1. The lowest BCUT2D eigenvalue weighted by molar-refractivity contribution is -0.174. The summed E-state index contributed by atoms with van der Waals surface area (Å²) in [5.74, 6) is 1.58. The first kappa shape index (κ1) is 38.1. The van der Waals surface area contributed by atoms with Crippen molar-refractivity contribution in [3.63, 3.8) is 0 Å². The zero-order valence-electron chi connectivity index (χ0n) is 32.2. The lowest BCUT2D eigenvalue weighted by Gasteiger charge is -2.63. The molecule has 2 amide bonds. The van der Waals surface area contributed by atoms with Crippen LogP contribution in [0.1, 0.15) is 101 Å². The number of benzene rings is 1. The molecule has 2 aromatic heterocycles. The van der Waals surface area contributed by atoms with Gasteiger partial charge in [0, 0.05) is 67.4 Å². The van der Waals surface area contributed by atoms with E-state index in [4.69, 9.17) is 25.6 Å². The summed E-state index contributed by atoms with van der Waals surface area (Å²) in [4.78, 5) is 38.0. The van der Waals surface area contributed by atoms with Crippen LogP contribution in [0.2, 0.25) is 5.02 Å². The molecular weight excluding hydrogens is 706 g/mol. The van der Waals surface area contributed by atoms with Crippen molar-refractivity contribution >= 4 is 29.2 Å². The monoisotopic (exact) mass is 757 g/mol. The summed E-state index contributed by atoms with van der Waals surface area (Å²) < 4.78 is 18.2. The number of halogens is 1. The van der Waals surface area contributed by atoms with Crippen molar-refractivity contribution in [2.75, 3.05) is 37.6 Å². The molecule has 4 atom stereocenters. The SMILES string of the molecule is CC1OC2CC[C@@H](C)N2C(=O)C1c1cc(CCCCN2CCN(c3ccc(C(=O)NC4C(C)(C)C(Oc5ccc(C#N)c(Cl)c5)C4(C)C)cn3)CC2)no1. The lowest BCUT2D eigenvalue weighted by Crippen LogP contribution is -2.74. The fourth-order valence-corrected chi connectivity index (χ4v) is 9.64. The molecule has 7 rings (SSSR count). The van der Waals surface area contributed by atoms with E-state index in [1.165, 1.54) is 0 Å². The maximum atomic E-state index is 13.4. The van der Waals surface area contributed by atoms with E-state index in [0.29, 0.717) is 27.7 Å². The smallest absolute Gasteiger partial charge is 0.253 e. The molecule has 1 aromatic carbocycles. The minimum atomic E-state index is -0.438. The van der Waals surface area contributed by atoms with E-state index in [9.17, 15) is 14.9 Å². The molecule has 1 saturated carbocycles. The van der Waals surface area contributed by atoms with Gasteiger partial charge in [-0.2, -0.15) is 5.26 Å². The number of unbranched alkanes of at least 4 members (excludes halogenated alkanes) is 1. The van der Waals surface area contributed by atoms with Crippen LogP contribution in [0.25, 0.3) is 0 Å². The van der Waals surface area contributed by atoms with Gasteiger partial charge in [0.2, 0.25) is 5.91 Å². The Bertz CT molecular complexity index is 1870. The van der Waals surface area contributed by atoms with Crippen LogP contribution in [-0.4, -0.2) is 95.0 Å². The quantitative estimate of drug-likeness (QED) is 0.226. The van der Waals surface area contributed by atoms with Gasteiger partial charge in [0.1, 0.15) is 35.9 Å². The summed E-state index contributed by atoms with van der Waals surface area (Å²) in [6, 6.07) is 13.0. The Hall–Kier alpha value is -4.18. The van der Waals surface area contributed by atoms with E-state index < -0.39 is 5.92 Å². The van der Waals surface area contributed by atoms with Crippen molar-refractivity contribution in [1.82, 2.24) is 25.3 Å². The number of nitrogens with zero attached hydrogens (tertiary/aromatic N) is 6. The molecule has 0 bridgehead atoms. The molecular formula is C41H52ClN7O5. The summed E-state index contributed by atoms with van der Waals surface area (Å²) >= 11 is 6.24. The van der Waals surface area contributed by atoms with Crippen molar-refractivity contribution in [3.05, 3.63) is 70.2 Å². The molecule has 3 aliphatic heterocycles. The Labute approximate surface area is 323 Å². The van der Waals surface area contributed by atoms with E-state index in [1.54, 1.807) is 24.4 Å². The number of aryl methyl sites for hydroxylation is 1. The normalized spacial score (nSPS) is 27.6. The van der Waals surface area contributed by atoms with Crippen molar-refractivity contribution < 1.29 is 23.6 Å². The number of hydrogen-bond donors (Lipinski definition) is 1. The molecule has 3 aromatic rings. The average molecular weight is 758 g/mol. The summed E-state index contributed by atoms with van der Waals surface area (Å²) in [6.07, 6.45) is 5.85. The summed E-state index contributed by atoms with van der Waals surface area (Å²) in [5, 5.41) is 17.1. The van der Waals surface area contributed by atoms with Crippen LogP contribution in [0.3, 0.4) is 0 Å². The highest BCUT2D eigenvalue weighted by Crippen LogP contribution is 2.55. The number of rotatable bonds is 11. The minimum Gasteiger partial charge on any atom is -0.489 e. The molecule has 288 valence electrons. The second kappa shape index (κ2) is 15.2. The van der Waals surface area contributed by atoms with Crippen molar-refractivity contribution in [1.29, 1.82) is 5.26 Å². The highest BCUT2D eigenvalue weighted by atomic mass is 35.5. The number of ether oxygens (including phenoxy) is 2. The average Bonchev–Trinajstić information content (AvgIpc) is 3.77. The van der Waals surface area contributed by atoms with Gasteiger partial charge in [-0.15, -0.1) is 0 Å². The fourth-order valence-electron chi connectivity index (χ4n) is 9.43. The molecule has 4 aliphatic rings. The van der Waals surface area contributed by atoms with Gasteiger partial charge in [-0.25, -0.2) is 4.98 Å². The van der Waals surface area contributed by atoms with Crippen LogP contribution in [0.5, 0.6) is 5.75 Å². The molecule has 5 heterocycles. The molecule has 12 nitrogen and oxygen atoms in total. The number of nitriles is 1. The predicted octanol–water partition coefficient (Wildman–Crippen LogP) is 6.19. The maximum Gasteiger partial charge on any atom is 0.253 e. The van der Waals surface area contributed by atoms with E-state index in [0.717, 1.165) is 76.3 Å². The summed E-state index contributed by atoms with van der Waals surface area (Å²) in [5.41, 5.74) is 1.11. The second-order valence-electron chi connectivity index (χ2n) is 16.7. The van der Waals surface area contributed by atoms with Gasteiger partial charge in [0.05, 0.1) is 27.9 Å². The molecule has 3 unspecified atom stereocenters. The highest BCUT2D eigenvalue weighted by Gasteiger charge is 2.64. The number of fused-ring (bicyclic) bond motifs is 1. The standard InChI is InChI=1S/C41H52ClN7O5/c1-25-10-15-34-49(25)37(51)35(26(2)52-34)32-21-29(46-54-32)9-7-8-16-47-17-19-48(20-18-47)33-14-12-28(24-44-33)36(50)45-38-40(3,4)39(41(38,5)6)53-30-13-11-27(23-43)31(42)22-30/h11-14,21-22,24-26,34-35,38-39H,7-10,15-20H2,1-6H3,(H,45,50)/t25-,26?,34?,35?,38?,39?/m1/s1. The highest BCUT2D eigenvalue weighted by molar-refractivity contribution is 6.31. The number of carbonyl (C=O) groups is 2. The van der Waals surface area contributed by atoms with Crippen LogP contribution in [0.4, 0.5) is 5.82 Å². The summed E-state index contributed by atoms with van der Waals surface area (Å²) in [7, 11) is 0. The van der Waals surface area contributed by atoms with Crippen molar-refractivity contribution in [2.45, 2.75) is 110 Å². The first-order valence-electron chi connectivity index (χ1n) is 19.3. The van der Waals surface area contributed by atoms with Gasteiger partial charge in [-0.05, 0) is 76.8 Å². The molecule has 0 spiro atoms. The second-order valence-corrected chi connectivity index (χ2v) is 17.1. The molecule has 1 aliphatic carbocycles. The first-order chi connectivity index (χ1) is 25.8. The molecule has 13 heteroatoms. The topological polar surface area (TPSA) is 137 Å². The van der Waals surface area contributed by atoms with Crippen LogP contribution >= 0.6 is 11.6 Å². The van der Waals surface area contributed by atoms with Crippen molar-refractivity contribution in [3.8, 4) is 11.8 Å². The van der Waals surface area contributed by atoms with Gasteiger partial charge in [0.15, 0.2) is 5.76 Å². The predicted molar refractivity (Wildman–Crippen MR) is 204 cm³/mol. The third-order valence-electron chi connectivity index (χ3n) is 12.2. The van der Waals surface area contributed by atoms with Crippen LogP contribution in [0, 0.1) is 22.2 Å². The first-order valence-corrected chi connectivity index (χ1v) is 19.7.